The molecule has 3 aliphatic rings. The van der Waals surface area contributed by atoms with Gasteiger partial charge in [0.15, 0.2) is 0 Å². The predicted molar refractivity (Wildman–Crippen MR) is 163 cm³/mol. The molecule has 0 radical (unpaired) electrons. The van der Waals surface area contributed by atoms with E-state index >= 15 is 0 Å². The number of aromatic carboxylic acids is 1. The fourth-order valence-corrected chi connectivity index (χ4v) is 6.71. The maximum Gasteiger partial charge on any atom is 0.337 e. The van der Waals surface area contributed by atoms with Crippen LogP contribution in [0.25, 0.3) is 11.1 Å². The Kier molecular flexibility index (Phi) is 8.48. The minimum absolute atomic E-state index is 0.0955. The molecule has 1 saturated carbocycles. The number of aromatic nitrogens is 1. The number of carboxylic acids is 1. The monoisotopic (exact) mass is 585 g/mol. The molecular weight excluding hydrogens is 545 g/mol. The topological polar surface area (TPSA) is 83.0 Å². The number of likely N-dealkylation sites (tertiary alicyclic amines) is 1. The minimum Gasteiger partial charge on any atom is -0.494 e. The first-order chi connectivity index (χ1) is 20.9. The van der Waals surface area contributed by atoms with E-state index in [2.05, 4.69) is 22.0 Å². The average molecular weight is 586 g/mol. The van der Waals surface area contributed by atoms with E-state index in [0.717, 1.165) is 61.5 Å². The maximum atomic E-state index is 13.6. The molecule has 3 aromatic rings. The van der Waals surface area contributed by atoms with Crippen molar-refractivity contribution in [2.45, 2.75) is 77.3 Å². The predicted octanol–water partition coefficient (Wildman–Crippen LogP) is 6.48. The van der Waals surface area contributed by atoms with E-state index in [1.807, 2.05) is 30.9 Å². The van der Waals surface area contributed by atoms with Crippen LogP contribution in [-0.2, 0) is 19.4 Å². The van der Waals surface area contributed by atoms with Gasteiger partial charge in [0.05, 0.1) is 29.1 Å². The summed E-state index contributed by atoms with van der Waals surface area (Å²) in [4.78, 5) is 34.5. The Hall–Kier alpha value is -3.78. The molecule has 6 rings (SSSR count). The molecule has 43 heavy (non-hydrogen) atoms. The summed E-state index contributed by atoms with van der Waals surface area (Å²) in [7, 11) is 0. The lowest BCUT2D eigenvalue weighted by atomic mass is 9.93. The van der Waals surface area contributed by atoms with Crippen LogP contribution in [0.1, 0.15) is 95.1 Å². The maximum absolute atomic E-state index is 13.6. The zero-order chi connectivity index (χ0) is 30.1. The van der Waals surface area contributed by atoms with Crippen molar-refractivity contribution in [2.24, 2.45) is 0 Å². The summed E-state index contributed by atoms with van der Waals surface area (Å²) in [6.07, 6.45) is 6.11. The van der Waals surface area contributed by atoms with E-state index in [1.165, 1.54) is 36.1 Å². The van der Waals surface area contributed by atoms with Gasteiger partial charge in [-0.2, -0.15) is 0 Å². The summed E-state index contributed by atoms with van der Waals surface area (Å²) in [5, 5.41) is 9.74. The van der Waals surface area contributed by atoms with E-state index in [9.17, 15) is 19.1 Å². The van der Waals surface area contributed by atoms with E-state index < -0.39 is 5.97 Å². The molecule has 2 fully saturated rings. The molecule has 0 atom stereocenters. The van der Waals surface area contributed by atoms with E-state index in [4.69, 9.17) is 4.74 Å². The van der Waals surface area contributed by atoms with Crippen LogP contribution in [0.15, 0.2) is 42.5 Å². The van der Waals surface area contributed by atoms with Crippen molar-refractivity contribution in [3.8, 4) is 16.9 Å². The second-order valence-electron chi connectivity index (χ2n) is 12.0. The third-order valence-corrected chi connectivity index (χ3v) is 9.08. The Labute approximate surface area is 252 Å². The molecule has 1 amide bonds. The number of carboxylic acid groups (broad SMARTS) is 1. The van der Waals surface area contributed by atoms with E-state index in [1.54, 1.807) is 6.07 Å². The van der Waals surface area contributed by atoms with Crippen molar-refractivity contribution in [2.75, 3.05) is 26.2 Å². The molecule has 1 N–H and O–H groups in total. The standard InChI is InChI=1S/C35H40FN3O4/c1-3-5-31-30(35(41)42)19-29-32(37-31)14-17-39(34(29)40)26-12-15-38(16-13-26)21-24-18-27(22-6-7-22)28(20-33(24)43-4-2)23-8-10-25(36)11-9-23/h8-11,18-20,22,26H,3-7,12-17,21H2,1-2H3,(H,41,42). The highest BCUT2D eigenvalue weighted by atomic mass is 19.1. The van der Waals surface area contributed by atoms with Gasteiger partial charge in [-0.1, -0.05) is 25.5 Å². The molecule has 0 unspecified atom stereocenters. The Morgan fingerprint density at radius 1 is 1.02 bits per heavy atom. The highest BCUT2D eigenvalue weighted by molar-refractivity contribution is 5.99. The van der Waals surface area contributed by atoms with Crippen molar-refractivity contribution in [3.63, 3.8) is 0 Å². The quantitative estimate of drug-likeness (QED) is 0.293. The number of aryl methyl sites for hydroxylation is 1. The van der Waals surface area contributed by atoms with E-state index in [-0.39, 0.29) is 23.3 Å². The summed E-state index contributed by atoms with van der Waals surface area (Å²) in [6.45, 7) is 7.67. The Bertz CT molecular complexity index is 1510. The van der Waals surface area contributed by atoms with Crippen LogP contribution in [0.3, 0.4) is 0 Å². The number of halogens is 1. The molecule has 7 nitrogen and oxygen atoms in total. The second-order valence-corrected chi connectivity index (χ2v) is 12.0. The molecule has 0 bridgehead atoms. The normalized spacial score (nSPS) is 17.7. The van der Waals surface area contributed by atoms with Crippen LogP contribution < -0.4 is 4.74 Å². The van der Waals surface area contributed by atoms with Crippen molar-refractivity contribution in [3.05, 3.63) is 81.9 Å². The van der Waals surface area contributed by atoms with Crippen molar-refractivity contribution >= 4 is 11.9 Å². The number of ether oxygens (including phenoxy) is 1. The van der Waals surface area contributed by atoms with E-state index in [0.29, 0.717) is 43.2 Å². The second kappa shape index (κ2) is 12.4. The molecule has 1 saturated heterocycles. The lowest BCUT2D eigenvalue weighted by molar-refractivity contribution is 0.0543. The van der Waals surface area contributed by atoms with Crippen LogP contribution in [0.2, 0.25) is 0 Å². The molecular formula is C35H40FN3O4. The number of piperidine rings is 1. The SMILES string of the molecule is CCCc1nc2c(cc1C(=O)O)C(=O)N(C1CCN(Cc3cc(C4CC4)c(-c4ccc(F)cc4)cc3OCC)CC1)CC2. The molecule has 0 spiro atoms. The van der Waals surface area contributed by atoms with Crippen LogP contribution in [0.5, 0.6) is 5.75 Å². The fraction of sp³-hybridized carbons (Fsp3) is 0.457. The lowest BCUT2D eigenvalue weighted by Gasteiger charge is -2.40. The highest BCUT2D eigenvalue weighted by Gasteiger charge is 2.35. The third-order valence-electron chi connectivity index (χ3n) is 9.08. The fourth-order valence-electron chi connectivity index (χ4n) is 6.71. The Morgan fingerprint density at radius 2 is 1.77 bits per heavy atom. The number of rotatable bonds is 10. The van der Waals surface area contributed by atoms with Gasteiger partial charge in [-0.05, 0) is 92.0 Å². The average Bonchev–Trinajstić information content (AvgIpc) is 3.85. The van der Waals surface area contributed by atoms with Crippen LogP contribution in [0, 0.1) is 5.82 Å². The number of benzene rings is 2. The Balaban J connectivity index is 1.16. The van der Waals surface area contributed by atoms with Gasteiger partial charge in [-0.25, -0.2) is 9.18 Å². The summed E-state index contributed by atoms with van der Waals surface area (Å²) in [5.74, 6) is 0.0449. The van der Waals surface area contributed by atoms with Gasteiger partial charge in [0.2, 0.25) is 0 Å². The zero-order valence-corrected chi connectivity index (χ0v) is 25.1. The number of pyridine rings is 1. The number of fused-ring (bicyclic) bond motifs is 1. The first-order valence-corrected chi connectivity index (χ1v) is 15.7. The van der Waals surface area contributed by atoms with Gasteiger partial charge < -0.3 is 14.7 Å². The summed E-state index contributed by atoms with van der Waals surface area (Å²) >= 11 is 0. The number of nitrogens with zero attached hydrogens (tertiary/aromatic N) is 3. The number of carbonyl (C=O) groups excluding carboxylic acids is 1. The van der Waals surface area contributed by atoms with Gasteiger partial charge >= 0.3 is 5.97 Å². The summed E-state index contributed by atoms with van der Waals surface area (Å²) in [6, 6.07) is 12.8. The molecule has 8 heteroatoms. The number of hydrogen-bond acceptors (Lipinski definition) is 5. The number of carbonyl (C=O) groups is 2. The van der Waals surface area contributed by atoms with Crippen LogP contribution in [0.4, 0.5) is 4.39 Å². The molecule has 1 aromatic heterocycles. The summed E-state index contributed by atoms with van der Waals surface area (Å²) < 4.78 is 19.8. The largest absolute Gasteiger partial charge is 0.494 e. The minimum atomic E-state index is -1.03. The third kappa shape index (κ3) is 6.16. The van der Waals surface area contributed by atoms with Crippen molar-refractivity contribution < 1.29 is 23.8 Å². The Morgan fingerprint density at radius 3 is 2.42 bits per heavy atom. The highest BCUT2D eigenvalue weighted by Crippen LogP contribution is 2.46. The smallest absolute Gasteiger partial charge is 0.337 e. The first-order valence-electron chi connectivity index (χ1n) is 15.7. The van der Waals surface area contributed by atoms with Gasteiger partial charge in [-0.15, -0.1) is 0 Å². The van der Waals surface area contributed by atoms with Crippen molar-refractivity contribution in [1.29, 1.82) is 0 Å². The number of amides is 1. The molecule has 2 aliphatic heterocycles. The van der Waals surface area contributed by atoms with Gasteiger partial charge in [0, 0.05) is 44.2 Å². The molecule has 226 valence electrons. The first kappa shape index (κ1) is 29.3. The lowest BCUT2D eigenvalue weighted by Crippen LogP contribution is -2.50. The van der Waals surface area contributed by atoms with Gasteiger partial charge in [0.25, 0.3) is 5.91 Å². The molecule has 2 aromatic carbocycles. The zero-order valence-electron chi connectivity index (χ0n) is 25.1. The van der Waals surface area contributed by atoms with Crippen LogP contribution >= 0.6 is 0 Å². The van der Waals surface area contributed by atoms with Gasteiger partial charge in [0.1, 0.15) is 11.6 Å². The molecule has 1 aliphatic carbocycles. The molecule has 3 heterocycles. The van der Waals surface area contributed by atoms with Crippen LogP contribution in [-0.4, -0.2) is 64.0 Å². The summed E-state index contributed by atoms with van der Waals surface area (Å²) in [5.41, 5.74) is 6.51. The van der Waals surface area contributed by atoms with Gasteiger partial charge in [-0.3, -0.25) is 14.7 Å². The van der Waals surface area contributed by atoms with Crippen molar-refractivity contribution in [1.82, 2.24) is 14.8 Å². The number of hydrogen-bond donors (Lipinski definition) is 1.